The number of ether oxygens (including phenoxy) is 2. The molecule has 1 aromatic heterocycles. The number of pyridine rings is 1. The van der Waals surface area contributed by atoms with Crippen LogP contribution in [0.25, 0.3) is 10.8 Å². The minimum absolute atomic E-state index is 0.0786. The van der Waals surface area contributed by atoms with Gasteiger partial charge in [0.15, 0.2) is 11.5 Å². The van der Waals surface area contributed by atoms with E-state index >= 15 is 0 Å². The van der Waals surface area contributed by atoms with Gasteiger partial charge in [0.2, 0.25) is 0 Å². The van der Waals surface area contributed by atoms with Crippen molar-refractivity contribution in [2.75, 3.05) is 38.8 Å². The molecule has 0 spiro atoms. The molecule has 33 heavy (non-hydrogen) atoms. The van der Waals surface area contributed by atoms with Gasteiger partial charge in [-0.05, 0) is 50.6 Å². The number of fused-ring (bicyclic) bond motifs is 1. The standard InChI is InChI=1S/C26H31N3O4/c1-6-27-16-22(20-13-23(32-4)24(33-5)14-21(20)25(27)30)26(31)28-10-11-29(18(3)15-28)19-9-7-8-17(2)12-19/h7-9,12-14,16,18H,6,10-11,15H2,1-5H3/t18-/m1/s1. The number of rotatable bonds is 5. The van der Waals surface area contributed by atoms with Gasteiger partial charge in [0.05, 0.1) is 25.2 Å². The quantitative estimate of drug-likeness (QED) is 0.594. The first-order valence-electron chi connectivity index (χ1n) is 11.3. The van der Waals surface area contributed by atoms with Gasteiger partial charge in [-0.1, -0.05) is 12.1 Å². The Bertz CT molecular complexity index is 1250. The molecule has 1 saturated heterocycles. The van der Waals surface area contributed by atoms with E-state index < -0.39 is 0 Å². The Morgan fingerprint density at radius 2 is 1.76 bits per heavy atom. The second-order valence-electron chi connectivity index (χ2n) is 8.52. The Kier molecular flexibility index (Phi) is 6.31. The van der Waals surface area contributed by atoms with Crippen molar-refractivity contribution in [3.63, 3.8) is 0 Å². The van der Waals surface area contributed by atoms with E-state index in [1.54, 1.807) is 30.0 Å². The van der Waals surface area contributed by atoms with Crippen LogP contribution < -0.4 is 19.9 Å². The van der Waals surface area contributed by atoms with Crippen LogP contribution in [-0.4, -0.2) is 55.3 Å². The molecule has 0 N–H and O–H groups in total. The SMILES string of the molecule is CCn1cc(C(=O)N2CCN(c3cccc(C)c3)[C@H](C)C2)c2cc(OC)c(OC)cc2c1=O. The fourth-order valence-corrected chi connectivity index (χ4v) is 4.63. The molecule has 0 radical (unpaired) electrons. The van der Waals surface area contributed by atoms with Crippen LogP contribution in [0.5, 0.6) is 11.5 Å². The average molecular weight is 450 g/mol. The molecule has 1 aliphatic heterocycles. The van der Waals surface area contributed by atoms with E-state index in [0.717, 1.165) is 6.54 Å². The number of hydrogen-bond acceptors (Lipinski definition) is 5. The molecule has 1 aliphatic rings. The van der Waals surface area contributed by atoms with Crippen LogP contribution >= 0.6 is 0 Å². The second-order valence-corrected chi connectivity index (χ2v) is 8.52. The maximum Gasteiger partial charge on any atom is 0.258 e. The summed E-state index contributed by atoms with van der Waals surface area (Å²) in [5, 5.41) is 1.04. The van der Waals surface area contributed by atoms with E-state index in [1.165, 1.54) is 18.4 Å². The first-order valence-corrected chi connectivity index (χ1v) is 11.3. The van der Waals surface area contributed by atoms with Crippen LogP contribution in [0, 0.1) is 6.92 Å². The third-order valence-electron chi connectivity index (χ3n) is 6.41. The lowest BCUT2D eigenvalue weighted by molar-refractivity contribution is 0.0727. The number of carbonyl (C=O) groups is 1. The third kappa shape index (κ3) is 4.15. The van der Waals surface area contributed by atoms with Gasteiger partial charge in [-0.3, -0.25) is 9.59 Å². The molecule has 0 unspecified atom stereocenters. The zero-order valence-electron chi connectivity index (χ0n) is 19.9. The molecule has 0 bridgehead atoms. The highest BCUT2D eigenvalue weighted by Crippen LogP contribution is 2.33. The lowest BCUT2D eigenvalue weighted by atomic mass is 10.0. The number of anilines is 1. The molecule has 2 heterocycles. The number of nitrogens with zero attached hydrogens (tertiary/aromatic N) is 3. The smallest absolute Gasteiger partial charge is 0.258 e. The number of amides is 1. The monoisotopic (exact) mass is 449 g/mol. The number of aryl methyl sites for hydroxylation is 2. The van der Waals surface area contributed by atoms with Gasteiger partial charge in [0.1, 0.15) is 0 Å². The van der Waals surface area contributed by atoms with Gasteiger partial charge in [-0.25, -0.2) is 0 Å². The molecule has 4 rings (SSSR count). The van der Waals surface area contributed by atoms with Crippen molar-refractivity contribution in [2.45, 2.75) is 33.4 Å². The first-order chi connectivity index (χ1) is 15.9. The summed E-state index contributed by atoms with van der Waals surface area (Å²) in [7, 11) is 3.08. The number of methoxy groups -OCH3 is 2. The van der Waals surface area contributed by atoms with Crippen LogP contribution in [0.15, 0.2) is 47.4 Å². The molecule has 0 saturated carbocycles. The van der Waals surface area contributed by atoms with Crippen LogP contribution in [0.3, 0.4) is 0 Å². The van der Waals surface area contributed by atoms with Crippen molar-refractivity contribution < 1.29 is 14.3 Å². The summed E-state index contributed by atoms with van der Waals surface area (Å²) in [4.78, 5) is 30.9. The molecule has 2 aromatic carbocycles. The summed E-state index contributed by atoms with van der Waals surface area (Å²) in [5.74, 6) is 0.880. The molecule has 1 amide bonds. The van der Waals surface area contributed by atoms with Crippen LogP contribution in [0.2, 0.25) is 0 Å². The van der Waals surface area contributed by atoms with Crippen molar-refractivity contribution in [3.8, 4) is 11.5 Å². The second kappa shape index (κ2) is 9.17. The van der Waals surface area contributed by atoms with Crippen LogP contribution in [0.1, 0.15) is 29.8 Å². The first kappa shape index (κ1) is 22.7. The van der Waals surface area contributed by atoms with Crippen molar-refractivity contribution >= 4 is 22.4 Å². The van der Waals surface area contributed by atoms with E-state index in [2.05, 4.69) is 43.0 Å². The van der Waals surface area contributed by atoms with Crippen LogP contribution in [0.4, 0.5) is 5.69 Å². The Morgan fingerprint density at radius 3 is 2.36 bits per heavy atom. The highest BCUT2D eigenvalue weighted by molar-refractivity contribution is 6.07. The zero-order chi connectivity index (χ0) is 23.7. The number of carbonyl (C=O) groups excluding carboxylic acids is 1. The van der Waals surface area contributed by atoms with E-state index in [0.29, 0.717) is 47.5 Å². The van der Waals surface area contributed by atoms with Gasteiger partial charge < -0.3 is 23.8 Å². The minimum atomic E-state index is -0.150. The molecular weight excluding hydrogens is 418 g/mol. The normalized spacial score (nSPS) is 16.2. The van der Waals surface area contributed by atoms with E-state index in [-0.39, 0.29) is 17.5 Å². The van der Waals surface area contributed by atoms with Crippen molar-refractivity contribution in [1.82, 2.24) is 9.47 Å². The van der Waals surface area contributed by atoms with Gasteiger partial charge in [-0.15, -0.1) is 0 Å². The van der Waals surface area contributed by atoms with Gasteiger partial charge in [-0.2, -0.15) is 0 Å². The largest absolute Gasteiger partial charge is 0.493 e. The summed E-state index contributed by atoms with van der Waals surface area (Å²) >= 11 is 0. The fourth-order valence-electron chi connectivity index (χ4n) is 4.63. The molecule has 7 nitrogen and oxygen atoms in total. The summed E-state index contributed by atoms with van der Waals surface area (Å²) < 4.78 is 12.4. The predicted octanol–water partition coefficient (Wildman–Crippen LogP) is 3.70. The summed E-state index contributed by atoms with van der Waals surface area (Å²) in [5.41, 5.74) is 2.75. The molecule has 7 heteroatoms. The molecule has 1 fully saturated rings. The molecule has 174 valence electrons. The topological polar surface area (TPSA) is 64.0 Å². The molecule has 0 aliphatic carbocycles. The fraction of sp³-hybridized carbons (Fsp3) is 0.385. The maximum absolute atomic E-state index is 13.7. The van der Waals surface area contributed by atoms with Crippen molar-refractivity contribution in [2.24, 2.45) is 0 Å². The predicted molar refractivity (Wildman–Crippen MR) is 131 cm³/mol. The van der Waals surface area contributed by atoms with Crippen LogP contribution in [-0.2, 0) is 6.54 Å². The van der Waals surface area contributed by atoms with Gasteiger partial charge >= 0.3 is 0 Å². The third-order valence-corrected chi connectivity index (χ3v) is 6.41. The van der Waals surface area contributed by atoms with Crippen molar-refractivity contribution in [1.29, 1.82) is 0 Å². The summed E-state index contributed by atoms with van der Waals surface area (Å²) in [6.45, 7) is 8.56. The van der Waals surface area contributed by atoms with E-state index in [1.807, 2.05) is 11.8 Å². The molecule has 1 atom stereocenters. The summed E-state index contributed by atoms with van der Waals surface area (Å²) in [6.07, 6.45) is 1.68. The van der Waals surface area contributed by atoms with E-state index in [9.17, 15) is 9.59 Å². The molecule has 3 aromatic rings. The van der Waals surface area contributed by atoms with Crippen molar-refractivity contribution in [3.05, 3.63) is 64.1 Å². The average Bonchev–Trinajstić information content (AvgIpc) is 2.83. The highest BCUT2D eigenvalue weighted by Gasteiger charge is 2.29. The van der Waals surface area contributed by atoms with Gasteiger partial charge in [0.25, 0.3) is 11.5 Å². The molecular formula is C26H31N3O4. The Balaban J connectivity index is 1.71. The number of piperazine rings is 1. The van der Waals surface area contributed by atoms with E-state index in [4.69, 9.17) is 9.47 Å². The Labute approximate surface area is 194 Å². The lowest BCUT2D eigenvalue weighted by Gasteiger charge is -2.41. The zero-order valence-corrected chi connectivity index (χ0v) is 19.9. The maximum atomic E-state index is 13.7. The number of benzene rings is 2. The minimum Gasteiger partial charge on any atom is -0.493 e. The van der Waals surface area contributed by atoms with Gasteiger partial charge in [0, 0.05) is 49.5 Å². The number of hydrogen-bond donors (Lipinski definition) is 0. The lowest BCUT2D eigenvalue weighted by Crippen LogP contribution is -2.54. The summed E-state index contributed by atoms with van der Waals surface area (Å²) in [6, 6.07) is 12.0. The Hall–Kier alpha value is -3.48. The number of aromatic nitrogens is 1. The Morgan fingerprint density at radius 1 is 1.06 bits per heavy atom. The highest BCUT2D eigenvalue weighted by atomic mass is 16.5.